The van der Waals surface area contributed by atoms with Crippen molar-refractivity contribution in [2.24, 2.45) is 0 Å². The van der Waals surface area contributed by atoms with Gasteiger partial charge in [0.25, 0.3) is 0 Å². The number of nitrogens with zero attached hydrogens (tertiary/aromatic N) is 1. The highest BCUT2D eigenvalue weighted by Gasteiger charge is 2.39. The fourth-order valence-corrected chi connectivity index (χ4v) is 2.73. The van der Waals surface area contributed by atoms with E-state index in [4.69, 9.17) is 14.4 Å². The lowest BCUT2D eigenvalue weighted by Gasteiger charge is -2.42. The van der Waals surface area contributed by atoms with E-state index in [0.29, 0.717) is 38.4 Å². The number of benzene rings is 1. The first kappa shape index (κ1) is 17.9. The van der Waals surface area contributed by atoms with Crippen molar-refractivity contribution >= 4 is 0 Å². The quantitative estimate of drug-likeness (QED) is 0.797. The zero-order valence-electron chi connectivity index (χ0n) is 13.5. The molecule has 0 radical (unpaired) electrons. The first-order valence-electron chi connectivity index (χ1n) is 7.94. The van der Waals surface area contributed by atoms with Crippen molar-refractivity contribution < 1.29 is 27.5 Å². The number of halogens is 3. The number of ether oxygens (including phenoxy) is 1. The standard InChI is InChI=1S/C17H19F3N2O3/c18-17(19,20)13-3-1-12(2-4-13)9-21-16(10-24-11-16)8-14-7-15(5-6-23)25-22-14/h1-4,7,21,23H,5-6,8-11H2. The third-order valence-electron chi connectivity index (χ3n) is 4.19. The highest BCUT2D eigenvalue weighted by atomic mass is 19.4. The van der Waals surface area contributed by atoms with Crippen molar-refractivity contribution in [1.82, 2.24) is 10.5 Å². The molecule has 2 heterocycles. The van der Waals surface area contributed by atoms with Crippen LogP contribution < -0.4 is 5.32 Å². The summed E-state index contributed by atoms with van der Waals surface area (Å²) in [4.78, 5) is 0. The molecule has 0 atom stereocenters. The second-order valence-electron chi connectivity index (χ2n) is 6.26. The Bertz CT molecular complexity index is 694. The molecular weight excluding hydrogens is 337 g/mol. The lowest BCUT2D eigenvalue weighted by Crippen LogP contribution is -2.61. The van der Waals surface area contributed by atoms with E-state index in [-0.39, 0.29) is 12.1 Å². The van der Waals surface area contributed by atoms with E-state index in [0.717, 1.165) is 23.4 Å². The molecular formula is C17H19F3N2O3. The minimum Gasteiger partial charge on any atom is -0.396 e. The predicted molar refractivity (Wildman–Crippen MR) is 82.8 cm³/mol. The molecule has 136 valence electrons. The fourth-order valence-electron chi connectivity index (χ4n) is 2.73. The molecule has 0 aliphatic carbocycles. The predicted octanol–water partition coefficient (Wildman–Crippen LogP) is 2.33. The average molecular weight is 356 g/mol. The van der Waals surface area contributed by atoms with Gasteiger partial charge in [-0.25, -0.2) is 0 Å². The largest absolute Gasteiger partial charge is 0.416 e. The van der Waals surface area contributed by atoms with Gasteiger partial charge < -0.3 is 19.7 Å². The number of alkyl halides is 3. The molecule has 1 fully saturated rings. The summed E-state index contributed by atoms with van der Waals surface area (Å²) in [6, 6.07) is 6.91. The summed E-state index contributed by atoms with van der Waals surface area (Å²) in [5.74, 6) is 0.621. The van der Waals surface area contributed by atoms with Crippen LogP contribution in [0.25, 0.3) is 0 Å². The summed E-state index contributed by atoms with van der Waals surface area (Å²) in [7, 11) is 0. The third kappa shape index (κ3) is 4.39. The van der Waals surface area contributed by atoms with Crippen LogP contribution >= 0.6 is 0 Å². The molecule has 0 amide bonds. The van der Waals surface area contributed by atoms with Gasteiger partial charge in [0, 0.05) is 25.5 Å². The van der Waals surface area contributed by atoms with Crippen molar-refractivity contribution in [3.05, 3.63) is 52.9 Å². The number of rotatable bonds is 7. The van der Waals surface area contributed by atoms with Gasteiger partial charge in [-0.15, -0.1) is 0 Å². The average Bonchev–Trinajstić information content (AvgIpc) is 2.97. The van der Waals surface area contributed by atoms with Gasteiger partial charge in [0.15, 0.2) is 0 Å². The first-order valence-corrected chi connectivity index (χ1v) is 7.94. The maximum Gasteiger partial charge on any atom is 0.416 e. The van der Waals surface area contributed by atoms with Crippen LogP contribution in [0.4, 0.5) is 13.2 Å². The second-order valence-corrected chi connectivity index (χ2v) is 6.26. The summed E-state index contributed by atoms with van der Waals surface area (Å²) in [5.41, 5.74) is 0.555. The van der Waals surface area contributed by atoms with Crippen LogP contribution in [0, 0.1) is 0 Å². The molecule has 0 saturated carbocycles. The van der Waals surface area contributed by atoms with E-state index in [9.17, 15) is 13.2 Å². The van der Waals surface area contributed by atoms with Gasteiger partial charge in [0.2, 0.25) is 0 Å². The lowest BCUT2D eigenvalue weighted by atomic mass is 9.90. The van der Waals surface area contributed by atoms with Crippen molar-refractivity contribution in [2.75, 3.05) is 19.8 Å². The Morgan fingerprint density at radius 3 is 2.48 bits per heavy atom. The molecule has 1 aromatic carbocycles. The number of hydrogen-bond donors (Lipinski definition) is 2. The molecule has 0 unspecified atom stereocenters. The van der Waals surface area contributed by atoms with Gasteiger partial charge in [-0.3, -0.25) is 0 Å². The minimum absolute atomic E-state index is 0.00490. The van der Waals surface area contributed by atoms with Crippen LogP contribution in [0.3, 0.4) is 0 Å². The molecule has 1 aliphatic rings. The topological polar surface area (TPSA) is 67.5 Å². The molecule has 2 N–H and O–H groups in total. The summed E-state index contributed by atoms with van der Waals surface area (Å²) >= 11 is 0. The highest BCUT2D eigenvalue weighted by Crippen LogP contribution is 2.29. The minimum atomic E-state index is -4.33. The van der Waals surface area contributed by atoms with Crippen LogP contribution in [0.15, 0.2) is 34.9 Å². The van der Waals surface area contributed by atoms with Crippen LogP contribution in [-0.2, 0) is 30.3 Å². The molecule has 0 spiro atoms. The molecule has 0 bridgehead atoms. The van der Waals surface area contributed by atoms with Crippen LogP contribution in [0.2, 0.25) is 0 Å². The van der Waals surface area contributed by atoms with Gasteiger partial charge in [0.05, 0.1) is 36.6 Å². The van der Waals surface area contributed by atoms with E-state index in [1.165, 1.54) is 12.1 Å². The van der Waals surface area contributed by atoms with Gasteiger partial charge >= 0.3 is 6.18 Å². The Morgan fingerprint density at radius 2 is 1.92 bits per heavy atom. The smallest absolute Gasteiger partial charge is 0.396 e. The Balaban J connectivity index is 1.59. The van der Waals surface area contributed by atoms with Crippen molar-refractivity contribution in [3.8, 4) is 0 Å². The van der Waals surface area contributed by atoms with Gasteiger partial charge in [0.1, 0.15) is 5.76 Å². The van der Waals surface area contributed by atoms with Crippen molar-refractivity contribution in [2.45, 2.75) is 31.1 Å². The maximum absolute atomic E-state index is 12.6. The van der Waals surface area contributed by atoms with E-state index >= 15 is 0 Å². The second kappa shape index (κ2) is 7.15. The summed E-state index contributed by atoms with van der Waals surface area (Å²) < 4.78 is 48.2. The fraction of sp³-hybridized carbons (Fsp3) is 0.471. The van der Waals surface area contributed by atoms with Crippen LogP contribution in [-0.4, -0.2) is 35.6 Å². The van der Waals surface area contributed by atoms with Gasteiger partial charge in [-0.05, 0) is 17.7 Å². The van der Waals surface area contributed by atoms with E-state index < -0.39 is 11.7 Å². The summed E-state index contributed by atoms with van der Waals surface area (Å²) in [6.07, 6.45) is -3.33. The Hall–Kier alpha value is -1.90. The van der Waals surface area contributed by atoms with E-state index in [2.05, 4.69) is 10.5 Å². The Kier molecular flexibility index (Phi) is 5.12. The van der Waals surface area contributed by atoms with Crippen LogP contribution in [0.5, 0.6) is 0 Å². The molecule has 1 aliphatic heterocycles. The SMILES string of the molecule is OCCc1cc(CC2(NCc3ccc(C(F)(F)F)cc3)COC2)no1. The highest BCUT2D eigenvalue weighted by molar-refractivity contribution is 5.25. The molecule has 25 heavy (non-hydrogen) atoms. The number of nitrogens with one attached hydrogen (secondary N) is 1. The molecule has 8 heteroatoms. The number of hydrogen-bond acceptors (Lipinski definition) is 5. The maximum atomic E-state index is 12.6. The van der Waals surface area contributed by atoms with E-state index in [1.54, 1.807) is 6.07 Å². The summed E-state index contributed by atoms with van der Waals surface area (Å²) in [6.45, 7) is 1.42. The number of aromatic nitrogens is 1. The van der Waals surface area contributed by atoms with Crippen molar-refractivity contribution in [3.63, 3.8) is 0 Å². The molecule has 3 rings (SSSR count). The molecule has 1 saturated heterocycles. The normalized spacial score (nSPS) is 16.6. The van der Waals surface area contributed by atoms with E-state index in [1.807, 2.05) is 0 Å². The van der Waals surface area contributed by atoms with Gasteiger partial charge in [-0.1, -0.05) is 17.3 Å². The number of aliphatic hydroxyl groups is 1. The molecule has 2 aromatic rings. The molecule has 1 aromatic heterocycles. The van der Waals surface area contributed by atoms with Crippen LogP contribution in [0.1, 0.15) is 22.6 Å². The zero-order chi connectivity index (χ0) is 17.9. The van der Waals surface area contributed by atoms with Gasteiger partial charge in [-0.2, -0.15) is 13.2 Å². The van der Waals surface area contributed by atoms with Crippen molar-refractivity contribution in [1.29, 1.82) is 0 Å². The first-order chi connectivity index (χ1) is 11.9. The zero-order valence-corrected chi connectivity index (χ0v) is 13.5. The third-order valence-corrected chi connectivity index (χ3v) is 4.19. The molecule has 5 nitrogen and oxygen atoms in total. The number of aliphatic hydroxyl groups excluding tert-OH is 1. The lowest BCUT2D eigenvalue weighted by molar-refractivity contribution is -0.137. The summed E-state index contributed by atoms with van der Waals surface area (Å²) in [5, 5.41) is 16.3. The monoisotopic (exact) mass is 356 g/mol. The Morgan fingerprint density at radius 1 is 1.20 bits per heavy atom. The Labute approximate surface area is 142 Å².